The number of hydrogen-bond donors (Lipinski definition) is 1. The van der Waals surface area contributed by atoms with E-state index in [1.807, 2.05) is 6.92 Å². The molecule has 0 heterocycles. The number of nitro groups is 1. The second-order valence-corrected chi connectivity index (χ2v) is 7.18. The number of allylic oxidation sites excluding steroid dienone is 1. The highest BCUT2D eigenvalue weighted by atomic mass is 16.6. The number of non-ortho nitro benzene ring substituents is 1. The molecule has 9 nitrogen and oxygen atoms in total. The van der Waals surface area contributed by atoms with Gasteiger partial charge in [-0.1, -0.05) is 6.07 Å². The van der Waals surface area contributed by atoms with Crippen LogP contribution >= 0.6 is 0 Å². The average molecular weight is 473 g/mol. The topological polar surface area (TPSA) is 124 Å². The van der Waals surface area contributed by atoms with Crippen LogP contribution in [0.15, 0.2) is 66.7 Å². The standard InChI is InChI=1S/C26H23N3O6/c1-3-34-25-15-18(14-20(16-27)19-5-9-22(10-6-19)29(31)32)4-13-24(25)35-17-26(30)28-21-7-11-23(33-2)12-8-21/h4-15H,3,17H2,1-2H3,(H,28,30). The lowest BCUT2D eigenvalue weighted by Gasteiger charge is -2.13. The van der Waals surface area contributed by atoms with E-state index < -0.39 is 4.92 Å². The normalized spacial score (nSPS) is 10.7. The van der Waals surface area contributed by atoms with Gasteiger partial charge in [-0.05, 0) is 72.7 Å². The number of nitrogens with zero attached hydrogens (tertiary/aromatic N) is 2. The smallest absolute Gasteiger partial charge is 0.269 e. The van der Waals surface area contributed by atoms with E-state index >= 15 is 0 Å². The van der Waals surface area contributed by atoms with Gasteiger partial charge in [0.1, 0.15) is 5.75 Å². The van der Waals surface area contributed by atoms with Gasteiger partial charge in [0.2, 0.25) is 0 Å². The van der Waals surface area contributed by atoms with Crippen molar-refractivity contribution >= 4 is 28.9 Å². The lowest BCUT2D eigenvalue weighted by Crippen LogP contribution is -2.20. The molecule has 35 heavy (non-hydrogen) atoms. The summed E-state index contributed by atoms with van der Waals surface area (Å²) in [4.78, 5) is 22.6. The fourth-order valence-corrected chi connectivity index (χ4v) is 3.13. The second-order valence-electron chi connectivity index (χ2n) is 7.18. The molecule has 0 radical (unpaired) electrons. The maximum atomic E-state index is 12.3. The summed E-state index contributed by atoms with van der Waals surface area (Å²) >= 11 is 0. The van der Waals surface area contributed by atoms with Crippen molar-refractivity contribution in [2.75, 3.05) is 25.6 Å². The van der Waals surface area contributed by atoms with Crippen LogP contribution in [-0.4, -0.2) is 31.2 Å². The Kier molecular flexibility index (Phi) is 8.40. The average Bonchev–Trinajstić information content (AvgIpc) is 2.87. The van der Waals surface area contributed by atoms with Crippen LogP contribution in [0.5, 0.6) is 17.2 Å². The van der Waals surface area contributed by atoms with Crippen molar-refractivity contribution in [2.45, 2.75) is 6.92 Å². The number of nitriles is 1. The number of hydrogen-bond acceptors (Lipinski definition) is 7. The molecule has 0 unspecified atom stereocenters. The number of nitrogens with one attached hydrogen (secondary N) is 1. The summed E-state index contributed by atoms with van der Waals surface area (Å²) < 4.78 is 16.4. The number of carbonyl (C=O) groups is 1. The van der Waals surface area contributed by atoms with E-state index in [1.165, 1.54) is 24.3 Å². The summed E-state index contributed by atoms with van der Waals surface area (Å²) in [5, 5.41) is 23.2. The predicted molar refractivity (Wildman–Crippen MR) is 131 cm³/mol. The van der Waals surface area contributed by atoms with Gasteiger partial charge < -0.3 is 19.5 Å². The van der Waals surface area contributed by atoms with E-state index in [0.717, 1.165) is 0 Å². The number of rotatable bonds is 10. The second kappa shape index (κ2) is 11.9. The molecule has 0 saturated carbocycles. The molecule has 1 N–H and O–H groups in total. The Labute approximate surface area is 202 Å². The molecular formula is C26H23N3O6. The van der Waals surface area contributed by atoms with Crippen LogP contribution in [0.2, 0.25) is 0 Å². The Hall–Kier alpha value is -4.84. The number of carbonyl (C=O) groups excluding carboxylic acids is 1. The fourth-order valence-electron chi connectivity index (χ4n) is 3.13. The molecule has 178 valence electrons. The lowest BCUT2D eigenvalue weighted by molar-refractivity contribution is -0.384. The van der Waals surface area contributed by atoms with Crippen molar-refractivity contribution in [3.63, 3.8) is 0 Å². The molecule has 9 heteroatoms. The maximum absolute atomic E-state index is 12.3. The van der Waals surface area contributed by atoms with Gasteiger partial charge >= 0.3 is 0 Å². The third-order valence-corrected chi connectivity index (χ3v) is 4.82. The Morgan fingerprint density at radius 3 is 2.37 bits per heavy atom. The van der Waals surface area contributed by atoms with E-state index in [1.54, 1.807) is 55.7 Å². The summed E-state index contributed by atoms with van der Waals surface area (Å²) in [5.41, 5.74) is 2.10. The Bertz CT molecular complexity index is 1260. The van der Waals surface area contributed by atoms with Crippen molar-refractivity contribution < 1.29 is 23.9 Å². The van der Waals surface area contributed by atoms with E-state index in [9.17, 15) is 20.2 Å². The van der Waals surface area contributed by atoms with Crippen molar-refractivity contribution in [1.29, 1.82) is 5.26 Å². The third-order valence-electron chi connectivity index (χ3n) is 4.82. The summed E-state index contributed by atoms with van der Waals surface area (Å²) in [6.45, 7) is 1.96. The van der Waals surface area contributed by atoms with Crippen molar-refractivity contribution in [3.8, 4) is 23.3 Å². The zero-order valence-corrected chi connectivity index (χ0v) is 19.2. The summed E-state index contributed by atoms with van der Waals surface area (Å²) in [6, 6.07) is 19.9. The van der Waals surface area contributed by atoms with E-state index in [0.29, 0.717) is 46.2 Å². The molecule has 0 saturated heterocycles. The van der Waals surface area contributed by atoms with Crippen LogP contribution in [0.25, 0.3) is 11.6 Å². The minimum atomic E-state index is -0.496. The first-order valence-electron chi connectivity index (χ1n) is 10.6. The molecule has 0 aliphatic heterocycles. The molecule has 0 spiro atoms. The first kappa shape index (κ1) is 24.8. The zero-order chi connectivity index (χ0) is 25.2. The highest BCUT2D eigenvalue weighted by Crippen LogP contribution is 2.30. The van der Waals surface area contributed by atoms with Gasteiger partial charge in [0, 0.05) is 17.8 Å². The van der Waals surface area contributed by atoms with Crippen molar-refractivity contribution in [2.24, 2.45) is 0 Å². The number of ether oxygens (including phenoxy) is 3. The van der Waals surface area contributed by atoms with Gasteiger partial charge in [-0.2, -0.15) is 5.26 Å². The molecule has 0 bridgehead atoms. The van der Waals surface area contributed by atoms with E-state index in [4.69, 9.17) is 14.2 Å². The molecule has 1 amide bonds. The quantitative estimate of drug-likeness (QED) is 0.188. The zero-order valence-electron chi connectivity index (χ0n) is 19.2. The van der Waals surface area contributed by atoms with Gasteiger partial charge in [-0.3, -0.25) is 14.9 Å². The molecule has 0 atom stereocenters. The van der Waals surface area contributed by atoms with Gasteiger partial charge in [-0.15, -0.1) is 0 Å². The maximum Gasteiger partial charge on any atom is 0.269 e. The van der Waals surface area contributed by atoms with E-state index in [2.05, 4.69) is 11.4 Å². The first-order chi connectivity index (χ1) is 16.9. The van der Waals surface area contributed by atoms with Gasteiger partial charge in [0.25, 0.3) is 11.6 Å². The SMILES string of the molecule is CCOc1cc(C=C(C#N)c2ccc([N+](=O)[O-])cc2)ccc1OCC(=O)Nc1ccc(OC)cc1. The molecule has 0 aromatic heterocycles. The molecule has 3 rings (SSSR count). The summed E-state index contributed by atoms with van der Waals surface area (Å²) in [7, 11) is 1.56. The highest BCUT2D eigenvalue weighted by Gasteiger charge is 2.11. The first-order valence-corrected chi connectivity index (χ1v) is 10.6. The number of nitro benzene ring substituents is 1. The van der Waals surface area contributed by atoms with Crippen LogP contribution in [0, 0.1) is 21.4 Å². The molecule has 0 fully saturated rings. The molecule has 3 aromatic carbocycles. The van der Waals surface area contributed by atoms with Crippen LogP contribution in [0.3, 0.4) is 0 Å². The lowest BCUT2D eigenvalue weighted by atomic mass is 10.0. The Morgan fingerprint density at radius 1 is 1.06 bits per heavy atom. The van der Waals surface area contributed by atoms with Crippen LogP contribution in [0.4, 0.5) is 11.4 Å². The fraction of sp³-hybridized carbons (Fsp3) is 0.154. The molecule has 3 aromatic rings. The Morgan fingerprint density at radius 2 is 1.77 bits per heavy atom. The summed E-state index contributed by atoms with van der Waals surface area (Å²) in [5.74, 6) is 1.14. The van der Waals surface area contributed by atoms with Crippen LogP contribution < -0.4 is 19.5 Å². The van der Waals surface area contributed by atoms with Crippen LogP contribution in [-0.2, 0) is 4.79 Å². The minimum Gasteiger partial charge on any atom is -0.497 e. The number of anilines is 1. The largest absolute Gasteiger partial charge is 0.497 e. The van der Waals surface area contributed by atoms with Gasteiger partial charge in [0.05, 0.1) is 30.3 Å². The number of benzene rings is 3. The molecule has 0 aliphatic rings. The molecule has 0 aliphatic carbocycles. The highest BCUT2D eigenvalue weighted by molar-refractivity contribution is 5.92. The third kappa shape index (κ3) is 6.82. The van der Waals surface area contributed by atoms with Crippen molar-refractivity contribution in [1.82, 2.24) is 0 Å². The minimum absolute atomic E-state index is 0.0535. The number of amides is 1. The van der Waals surface area contributed by atoms with E-state index in [-0.39, 0.29) is 18.2 Å². The van der Waals surface area contributed by atoms with Gasteiger partial charge in [0.15, 0.2) is 18.1 Å². The Balaban J connectivity index is 1.72. The van der Waals surface area contributed by atoms with Crippen molar-refractivity contribution in [3.05, 3.63) is 88.0 Å². The number of methoxy groups -OCH3 is 1. The van der Waals surface area contributed by atoms with Gasteiger partial charge in [-0.25, -0.2) is 0 Å². The predicted octanol–water partition coefficient (Wildman–Crippen LogP) is 5.08. The summed E-state index contributed by atoms with van der Waals surface area (Å²) in [6.07, 6.45) is 1.64. The monoisotopic (exact) mass is 473 g/mol. The molecular weight excluding hydrogens is 450 g/mol. The van der Waals surface area contributed by atoms with Crippen LogP contribution in [0.1, 0.15) is 18.1 Å².